The molecule has 3 heterocycles. The highest BCUT2D eigenvalue weighted by atomic mass is 35.5. The Kier molecular flexibility index (Phi) is 6.58. The van der Waals surface area contributed by atoms with Gasteiger partial charge in [-0.2, -0.15) is 0 Å². The van der Waals surface area contributed by atoms with Gasteiger partial charge in [0.25, 0.3) is 0 Å². The summed E-state index contributed by atoms with van der Waals surface area (Å²) < 4.78 is 23.1. The number of ether oxygens (including phenoxy) is 3. The number of ketones is 2. The number of hydrogen-bond donors (Lipinski definition) is 2. The number of methoxy groups -OCH3 is 2. The predicted molar refractivity (Wildman–Crippen MR) is 150 cm³/mol. The molecule has 0 bridgehead atoms. The summed E-state index contributed by atoms with van der Waals surface area (Å²) in [6.07, 6.45) is 0.0179. The second kappa shape index (κ2) is 9.92. The van der Waals surface area contributed by atoms with Crippen LogP contribution >= 0.6 is 23.2 Å². The van der Waals surface area contributed by atoms with E-state index in [9.17, 15) is 24.3 Å². The van der Waals surface area contributed by atoms with Crippen molar-refractivity contribution in [1.29, 1.82) is 0 Å². The van der Waals surface area contributed by atoms with Crippen molar-refractivity contribution in [1.82, 2.24) is 5.32 Å². The lowest BCUT2D eigenvalue weighted by molar-refractivity contribution is -0.131. The molecule has 3 unspecified atom stereocenters. The Morgan fingerprint density at radius 1 is 1.02 bits per heavy atom. The molecule has 42 heavy (non-hydrogen) atoms. The maximum absolute atomic E-state index is 14.5. The molecule has 0 saturated carbocycles. The minimum Gasteiger partial charge on any atom is -0.496 e. The number of aromatic carboxylic acids is 1. The highest BCUT2D eigenvalue weighted by Crippen LogP contribution is 2.55. The number of carbonyl (C=O) groups excluding carboxylic acids is 3. The second-order valence-electron chi connectivity index (χ2n) is 10.3. The Morgan fingerprint density at radius 2 is 1.76 bits per heavy atom. The number of carbonyl (C=O) groups is 4. The number of benzene rings is 2. The summed E-state index contributed by atoms with van der Waals surface area (Å²) in [7, 11) is 2.79. The number of amides is 1. The van der Waals surface area contributed by atoms with E-state index in [0.29, 0.717) is 11.3 Å². The third-order valence-corrected chi connectivity index (χ3v) is 8.69. The summed E-state index contributed by atoms with van der Waals surface area (Å²) in [5.74, 6) is -3.35. The van der Waals surface area contributed by atoms with Gasteiger partial charge in [0.1, 0.15) is 33.6 Å². The van der Waals surface area contributed by atoms with Crippen molar-refractivity contribution in [3.05, 3.63) is 74.6 Å². The van der Waals surface area contributed by atoms with Crippen LogP contribution in [0.5, 0.6) is 17.2 Å². The molecule has 3 atom stereocenters. The summed E-state index contributed by atoms with van der Waals surface area (Å²) in [5.41, 5.74) is -1.02. The van der Waals surface area contributed by atoms with Gasteiger partial charge in [-0.3, -0.25) is 14.4 Å². The van der Waals surface area contributed by atoms with Gasteiger partial charge in [-0.05, 0) is 36.8 Å². The molecule has 3 aliphatic rings. The third kappa shape index (κ3) is 3.93. The first-order chi connectivity index (χ1) is 20.0. The molecule has 3 aromatic rings. The van der Waals surface area contributed by atoms with Crippen LogP contribution in [-0.2, 0) is 9.59 Å². The minimum atomic E-state index is -1.96. The lowest BCUT2D eigenvalue weighted by Gasteiger charge is -2.41. The SMILES string of the molecule is COc1cc(OC)c2c(c1Cl)OC1(C(=O)C3=C(CC1C)NC(=O)CC3c1ccc(-c3cc(C(=O)O)ccc3Cl)o1)C2=O. The lowest BCUT2D eigenvalue weighted by atomic mass is 9.67. The standard InChI is InChI=1S/C30H23Cl2NO9/c1-12-8-17-23(27(35)30(12)28(36)24-20(39-2)11-21(40-3)25(32)26(24)42-30)15(10-22(34)33-17)19-7-6-18(41-19)14-9-13(29(37)38)4-5-16(14)31/h4-7,9,11-12,15H,8,10H2,1-3H3,(H,33,34)(H,37,38). The smallest absolute Gasteiger partial charge is 0.335 e. The molecule has 1 aromatic heterocycles. The second-order valence-corrected chi connectivity index (χ2v) is 11.1. The molecular weight excluding hydrogens is 589 g/mol. The van der Waals surface area contributed by atoms with E-state index in [-0.39, 0.29) is 74.3 Å². The zero-order valence-electron chi connectivity index (χ0n) is 22.5. The zero-order valence-corrected chi connectivity index (χ0v) is 24.0. The summed E-state index contributed by atoms with van der Waals surface area (Å²) >= 11 is 12.9. The Bertz CT molecular complexity index is 1760. The van der Waals surface area contributed by atoms with Gasteiger partial charge in [-0.1, -0.05) is 30.1 Å². The van der Waals surface area contributed by atoms with Gasteiger partial charge >= 0.3 is 5.97 Å². The van der Waals surface area contributed by atoms with Crippen LogP contribution in [0.15, 0.2) is 52.1 Å². The van der Waals surface area contributed by atoms with Crippen molar-refractivity contribution in [3.8, 4) is 28.6 Å². The monoisotopic (exact) mass is 611 g/mol. The number of nitrogens with one attached hydrogen (secondary N) is 1. The van der Waals surface area contributed by atoms with Crippen LogP contribution in [0.3, 0.4) is 0 Å². The number of Topliss-reactive ketones (excluding diaryl/α,β-unsaturated/α-hetero) is 2. The molecule has 1 spiro atoms. The van der Waals surface area contributed by atoms with Gasteiger partial charge in [0.15, 0.2) is 5.75 Å². The minimum absolute atomic E-state index is 0.00764. The summed E-state index contributed by atoms with van der Waals surface area (Å²) in [5, 5.41) is 12.5. The number of halogens is 2. The van der Waals surface area contributed by atoms with E-state index < -0.39 is 35.0 Å². The first-order valence-corrected chi connectivity index (χ1v) is 13.7. The van der Waals surface area contributed by atoms with Crippen LogP contribution < -0.4 is 19.5 Å². The number of carboxylic acids is 1. The average Bonchev–Trinajstić information content (AvgIpc) is 3.56. The molecule has 12 heteroatoms. The Balaban J connectivity index is 1.44. The molecule has 1 aliphatic carbocycles. The van der Waals surface area contributed by atoms with Crippen LogP contribution in [0, 0.1) is 5.92 Å². The molecule has 216 valence electrons. The van der Waals surface area contributed by atoms with E-state index in [1.54, 1.807) is 19.1 Å². The van der Waals surface area contributed by atoms with Crippen molar-refractivity contribution in [2.75, 3.05) is 14.2 Å². The van der Waals surface area contributed by atoms with Crippen LogP contribution in [0.4, 0.5) is 0 Å². The first kappa shape index (κ1) is 27.9. The van der Waals surface area contributed by atoms with Gasteiger partial charge in [0.05, 0.1) is 30.7 Å². The topological polar surface area (TPSA) is 141 Å². The first-order valence-electron chi connectivity index (χ1n) is 12.9. The van der Waals surface area contributed by atoms with E-state index in [0.717, 1.165) is 0 Å². The third-order valence-electron chi connectivity index (χ3n) is 8.01. The van der Waals surface area contributed by atoms with Crippen molar-refractivity contribution in [3.63, 3.8) is 0 Å². The number of fused-ring (bicyclic) bond motifs is 1. The fraction of sp³-hybridized carbons (Fsp3) is 0.267. The number of furan rings is 1. The number of hydrogen-bond acceptors (Lipinski definition) is 8. The molecule has 0 saturated heterocycles. The average molecular weight is 612 g/mol. The maximum atomic E-state index is 14.5. The predicted octanol–water partition coefficient (Wildman–Crippen LogP) is 5.45. The summed E-state index contributed by atoms with van der Waals surface area (Å²) in [4.78, 5) is 52.9. The molecule has 0 fully saturated rings. The Morgan fingerprint density at radius 3 is 2.45 bits per heavy atom. The molecule has 0 radical (unpaired) electrons. The summed E-state index contributed by atoms with van der Waals surface area (Å²) in [6, 6.07) is 8.84. The highest BCUT2D eigenvalue weighted by molar-refractivity contribution is 6.36. The molecule has 2 aromatic carbocycles. The van der Waals surface area contributed by atoms with Gasteiger partial charge < -0.3 is 29.1 Å². The molecule has 2 N–H and O–H groups in total. The fourth-order valence-electron chi connectivity index (χ4n) is 5.96. The largest absolute Gasteiger partial charge is 0.496 e. The molecule has 10 nitrogen and oxygen atoms in total. The number of rotatable bonds is 5. The van der Waals surface area contributed by atoms with E-state index >= 15 is 0 Å². The lowest BCUT2D eigenvalue weighted by Crippen LogP contribution is -2.59. The zero-order chi connectivity index (χ0) is 30.1. The van der Waals surface area contributed by atoms with Crippen molar-refractivity contribution in [2.45, 2.75) is 31.3 Å². The van der Waals surface area contributed by atoms with Crippen LogP contribution in [0.25, 0.3) is 11.3 Å². The number of allylic oxidation sites excluding steroid dienone is 1. The van der Waals surface area contributed by atoms with Gasteiger partial charge in [-0.15, -0.1) is 0 Å². The van der Waals surface area contributed by atoms with Gasteiger partial charge in [0.2, 0.25) is 23.1 Å². The van der Waals surface area contributed by atoms with Crippen molar-refractivity contribution in [2.24, 2.45) is 5.92 Å². The fourth-order valence-corrected chi connectivity index (χ4v) is 6.44. The quantitative estimate of drug-likeness (QED) is 0.360. The Labute approximate surface area is 249 Å². The normalized spacial score (nSPS) is 22.9. The van der Waals surface area contributed by atoms with E-state index in [4.69, 9.17) is 41.8 Å². The van der Waals surface area contributed by atoms with Crippen LogP contribution in [-0.4, -0.2) is 48.4 Å². The number of carboxylic acid groups (broad SMARTS) is 1. The molecule has 1 amide bonds. The maximum Gasteiger partial charge on any atom is 0.335 e. The Hall–Kier alpha value is -4.28. The van der Waals surface area contributed by atoms with Crippen LogP contribution in [0.2, 0.25) is 10.0 Å². The molecular formula is C30H23Cl2NO9. The van der Waals surface area contributed by atoms with E-state index in [2.05, 4.69) is 5.32 Å². The molecule has 6 rings (SSSR count). The van der Waals surface area contributed by atoms with Crippen LogP contribution in [0.1, 0.15) is 52.2 Å². The van der Waals surface area contributed by atoms with Gasteiger partial charge in [0, 0.05) is 35.2 Å². The van der Waals surface area contributed by atoms with Gasteiger partial charge in [-0.25, -0.2) is 4.79 Å². The van der Waals surface area contributed by atoms with Crippen molar-refractivity contribution >= 4 is 46.6 Å². The van der Waals surface area contributed by atoms with Crippen molar-refractivity contribution < 1.29 is 42.9 Å². The van der Waals surface area contributed by atoms with E-state index in [1.807, 2.05) is 0 Å². The molecule has 2 aliphatic heterocycles. The van der Waals surface area contributed by atoms with E-state index in [1.165, 1.54) is 38.5 Å². The highest BCUT2D eigenvalue weighted by Gasteiger charge is 2.63. The summed E-state index contributed by atoms with van der Waals surface area (Å²) in [6.45, 7) is 1.70.